The van der Waals surface area contributed by atoms with Crippen molar-refractivity contribution in [3.05, 3.63) is 70.5 Å². The van der Waals surface area contributed by atoms with Crippen LogP contribution >= 0.6 is 0 Å². The highest BCUT2D eigenvalue weighted by Crippen LogP contribution is 2.33. The Bertz CT molecular complexity index is 934. The van der Waals surface area contributed by atoms with Crippen LogP contribution in [0.3, 0.4) is 0 Å². The number of amides is 1. The summed E-state index contributed by atoms with van der Waals surface area (Å²) in [6.45, 7) is 3.62. The monoisotopic (exact) mass is 404 g/mol. The molecule has 0 N–H and O–H groups in total. The van der Waals surface area contributed by atoms with Crippen LogP contribution in [-0.2, 0) is 17.5 Å². The van der Waals surface area contributed by atoms with Gasteiger partial charge >= 0.3 is 6.18 Å². The number of piperazine rings is 1. The van der Waals surface area contributed by atoms with Gasteiger partial charge in [0.25, 0.3) is 5.91 Å². The van der Waals surface area contributed by atoms with Gasteiger partial charge < -0.3 is 4.90 Å². The second-order valence-electron chi connectivity index (χ2n) is 6.98. The summed E-state index contributed by atoms with van der Waals surface area (Å²) in [6, 6.07) is 10.2. The number of benzene rings is 2. The summed E-state index contributed by atoms with van der Waals surface area (Å²) in [4.78, 5) is 15.7. The van der Waals surface area contributed by atoms with E-state index in [9.17, 15) is 22.4 Å². The Morgan fingerprint density at radius 1 is 1.03 bits per heavy atom. The molecule has 3 nitrogen and oxygen atoms in total. The SMILES string of the molecule is Cc1ccc(C#CC(=O)N2CCN(Cc3ccc(F)cc3C(F)(F)F)CC2)cc1. The summed E-state index contributed by atoms with van der Waals surface area (Å²) in [5.74, 6) is 4.23. The Labute approximate surface area is 166 Å². The van der Waals surface area contributed by atoms with Gasteiger partial charge in [0.05, 0.1) is 5.56 Å². The molecule has 0 unspecified atom stereocenters. The number of nitrogens with zero attached hydrogens (tertiary/aromatic N) is 2. The second kappa shape index (κ2) is 8.66. The second-order valence-corrected chi connectivity index (χ2v) is 6.98. The average molecular weight is 404 g/mol. The Balaban J connectivity index is 1.59. The Morgan fingerprint density at radius 2 is 1.69 bits per heavy atom. The minimum absolute atomic E-state index is 0.0258. The van der Waals surface area contributed by atoms with Crippen molar-refractivity contribution in [2.45, 2.75) is 19.6 Å². The molecule has 2 aromatic rings. The number of carbonyl (C=O) groups excluding carboxylic acids is 1. The quantitative estimate of drug-likeness (QED) is 0.561. The highest BCUT2D eigenvalue weighted by atomic mass is 19.4. The highest BCUT2D eigenvalue weighted by molar-refractivity contribution is 5.94. The van der Waals surface area contributed by atoms with Gasteiger partial charge in [0.15, 0.2) is 0 Å². The van der Waals surface area contributed by atoms with Crippen LogP contribution in [0.4, 0.5) is 17.6 Å². The van der Waals surface area contributed by atoms with Gasteiger partial charge in [0.1, 0.15) is 5.82 Å². The number of hydrogen-bond acceptors (Lipinski definition) is 2. The van der Waals surface area contributed by atoms with Crippen molar-refractivity contribution in [3.63, 3.8) is 0 Å². The largest absolute Gasteiger partial charge is 0.416 e. The lowest BCUT2D eigenvalue weighted by Crippen LogP contribution is -2.48. The van der Waals surface area contributed by atoms with Crippen LogP contribution in [0.15, 0.2) is 42.5 Å². The molecule has 0 atom stereocenters. The Kier molecular flexibility index (Phi) is 6.23. The summed E-state index contributed by atoms with van der Waals surface area (Å²) in [7, 11) is 0. The number of carbonyl (C=O) groups is 1. The maximum Gasteiger partial charge on any atom is 0.416 e. The van der Waals surface area contributed by atoms with Crippen LogP contribution in [0, 0.1) is 24.6 Å². The topological polar surface area (TPSA) is 23.6 Å². The van der Waals surface area contributed by atoms with Crippen LogP contribution in [0.5, 0.6) is 0 Å². The third-order valence-corrected chi connectivity index (χ3v) is 4.80. The molecular formula is C22H20F4N2O. The van der Waals surface area contributed by atoms with E-state index >= 15 is 0 Å². The molecule has 0 bridgehead atoms. The standard InChI is InChI=1S/C22H20F4N2O/c1-16-2-4-17(5-3-16)6-9-21(29)28-12-10-27(11-13-28)15-18-7-8-19(23)14-20(18)22(24,25)26/h2-5,7-8,14H,10-13,15H2,1H3. The first-order valence-electron chi connectivity index (χ1n) is 9.18. The molecule has 1 saturated heterocycles. The average Bonchev–Trinajstić information content (AvgIpc) is 2.68. The van der Waals surface area contributed by atoms with E-state index in [1.807, 2.05) is 36.1 Å². The zero-order valence-corrected chi connectivity index (χ0v) is 15.9. The van der Waals surface area contributed by atoms with E-state index in [1.54, 1.807) is 4.90 Å². The number of hydrogen-bond donors (Lipinski definition) is 0. The first-order valence-corrected chi connectivity index (χ1v) is 9.18. The minimum Gasteiger partial charge on any atom is -0.329 e. The molecule has 1 fully saturated rings. The molecule has 0 saturated carbocycles. The number of halogens is 4. The summed E-state index contributed by atoms with van der Waals surface area (Å²) >= 11 is 0. The van der Waals surface area contributed by atoms with Gasteiger partial charge in [-0.15, -0.1) is 0 Å². The number of rotatable bonds is 2. The third-order valence-electron chi connectivity index (χ3n) is 4.80. The molecule has 0 spiro atoms. The molecule has 0 aliphatic carbocycles. The lowest BCUT2D eigenvalue weighted by Gasteiger charge is -2.34. The van der Waals surface area contributed by atoms with Crippen molar-refractivity contribution in [1.82, 2.24) is 9.80 Å². The first kappa shape index (κ1) is 20.9. The molecule has 1 heterocycles. The van der Waals surface area contributed by atoms with Gasteiger partial charge in [-0.2, -0.15) is 13.2 Å². The van der Waals surface area contributed by atoms with E-state index < -0.39 is 17.6 Å². The third kappa shape index (κ3) is 5.58. The molecule has 152 valence electrons. The van der Waals surface area contributed by atoms with E-state index in [0.717, 1.165) is 17.2 Å². The van der Waals surface area contributed by atoms with Gasteiger partial charge in [-0.25, -0.2) is 4.39 Å². The summed E-state index contributed by atoms with van der Waals surface area (Å²) in [5.41, 5.74) is 0.921. The summed E-state index contributed by atoms with van der Waals surface area (Å²) < 4.78 is 52.7. The van der Waals surface area contributed by atoms with Crippen molar-refractivity contribution in [3.8, 4) is 11.8 Å². The summed E-state index contributed by atoms with van der Waals surface area (Å²) in [5, 5.41) is 0. The van der Waals surface area contributed by atoms with Crippen molar-refractivity contribution in [2.75, 3.05) is 26.2 Å². The zero-order valence-electron chi connectivity index (χ0n) is 15.9. The number of aryl methyl sites for hydroxylation is 1. The maximum atomic E-state index is 13.2. The fourth-order valence-electron chi connectivity index (χ4n) is 3.14. The molecule has 0 radical (unpaired) electrons. The van der Waals surface area contributed by atoms with Gasteiger partial charge in [-0.05, 0) is 36.8 Å². The predicted molar refractivity (Wildman–Crippen MR) is 101 cm³/mol. The van der Waals surface area contributed by atoms with E-state index in [1.165, 1.54) is 6.07 Å². The van der Waals surface area contributed by atoms with Gasteiger partial charge in [-0.1, -0.05) is 29.7 Å². The zero-order chi connectivity index (χ0) is 21.0. The van der Waals surface area contributed by atoms with Crippen LogP contribution in [0.1, 0.15) is 22.3 Å². The van der Waals surface area contributed by atoms with E-state index in [0.29, 0.717) is 32.2 Å². The first-order chi connectivity index (χ1) is 13.7. The molecule has 2 aromatic carbocycles. The molecule has 0 aromatic heterocycles. The van der Waals surface area contributed by atoms with E-state index in [4.69, 9.17) is 0 Å². The molecule has 29 heavy (non-hydrogen) atoms. The van der Waals surface area contributed by atoms with Crippen LogP contribution in [-0.4, -0.2) is 41.9 Å². The van der Waals surface area contributed by atoms with Crippen LogP contribution in [0.2, 0.25) is 0 Å². The van der Waals surface area contributed by atoms with Gasteiger partial charge in [0, 0.05) is 44.2 Å². The van der Waals surface area contributed by atoms with Crippen molar-refractivity contribution in [2.24, 2.45) is 0 Å². The van der Waals surface area contributed by atoms with Gasteiger partial charge in [0.2, 0.25) is 0 Å². The lowest BCUT2D eigenvalue weighted by molar-refractivity contribution is -0.138. The normalized spacial score (nSPS) is 15.0. The molecule has 7 heteroatoms. The molecule has 1 aliphatic rings. The minimum atomic E-state index is -4.61. The fraction of sp³-hybridized carbons (Fsp3) is 0.318. The smallest absolute Gasteiger partial charge is 0.329 e. The molecule has 1 aliphatic heterocycles. The highest BCUT2D eigenvalue weighted by Gasteiger charge is 2.34. The summed E-state index contributed by atoms with van der Waals surface area (Å²) in [6.07, 6.45) is -4.61. The number of alkyl halides is 3. The predicted octanol–water partition coefficient (Wildman–Crippen LogP) is 3.85. The molecule has 1 amide bonds. The van der Waals surface area contributed by atoms with Crippen molar-refractivity contribution >= 4 is 5.91 Å². The van der Waals surface area contributed by atoms with E-state index in [-0.39, 0.29) is 18.0 Å². The Hall–Kier alpha value is -2.85. The lowest BCUT2D eigenvalue weighted by atomic mass is 10.1. The van der Waals surface area contributed by atoms with Crippen molar-refractivity contribution < 1.29 is 22.4 Å². The Morgan fingerprint density at radius 3 is 2.31 bits per heavy atom. The molecule has 3 rings (SSSR count). The fourth-order valence-corrected chi connectivity index (χ4v) is 3.14. The van der Waals surface area contributed by atoms with Crippen LogP contribution in [0.25, 0.3) is 0 Å². The van der Waals surface area contributed by atoms with Crippen molar-refractivity contribution in [1.29, 1.82) is 0 Å². The van der Waals surface area contributed by atoms with E-state index in [2.05, 4.69) is 11.8 Å². The maximum absolute atomic E-state index is 13.2. The van der Waals surface area contributed by atoms with Gasteiger partial charge in [-0.3, -0.25) is 9.69 Å². The molecular weight excluding hydrogens is 384 g/mol. The van der Waals surface area contributed by atoms with Crippen LogP contribution < -0.4 is 0 Å².